The maximum atomic E-state index is 13.2. The average molecular weight is 699 g/mol. The molecule has 0 aromatic heterocycles. The van der Waals surface area contributed by atoms with E-state index in [1.807, 2.05) is 0 Å². The van der Waals surface area contributed by atoms with Gasteiger partial charge in [-0.25, -0.2) is 4.79 Å². The molecule has 17 unspecified atom stereocenters. The monoisotopic (exact) mass is 698 g/mol. The number of cyclic esters (lactones) is 1. The van der Waals surface area contributed by atoms with E-state index in [2.05, 4.69) is 6.92 Å². The topological polar surface area (TPSA) is 242 Å². The first kappa shape index (κ1) is 35.8. The number of carbonyl (C=O) groups is 2. The van der Waals surface area contributed by atoms with Crippen LogP contribution in [0.3, 0.4) is 0 Å². The van der Waals surface area contributed by atoms with Crippen molar-refractivity contribution in [2.75, 3.05) is 19.8 Å². The Labute approximate surface area is 283 Å². The summed E-state index contributed by atoms with van der Waals surface area (Å²) < 4.78 is 28.0. The Bertz CT molecular complexity index is 1310. The summed E-state index contributed by atoms with van der Waals surface area (Å²) in [5, 5.41) is 86.8. The van der Waals surface area contributed by atoms with Crippen LogP contribution in [-0.4, -0.2) is 146 Å². The molecule has 7 aliphatic rings. The summed E-state index contributed by atoms with van der Waals surface area (Å²) >= 11 is 0. The molecule has 0 radical (unpaired) electrons. The molecule has 6 fully saturated rings. The Morgan fingerprint density at radius 3 is 2.33 bits per heavy atom. The summed E-state index contributed by atoms with van der Waals surface area (Å²) in [6.45, 7) is 1.30. The van der Waals surface area contributed by atoms with Gasteiger partial charge in [-0.2, -0.15) is 0 Å². The summed E-state index contributed by atoms with van der Waals surface area (Å²) in [4.78, 5) is 25.0. The van der Waals surface area contributed by atoms with E-state index >= 15 is 0 Å². The van der Waals surface area contributed by atoms with Gasteiger partial charge in [-0.3, -0.25) is 0 Å². The van der Waals surface area contributed by atoms with Gasteiger partial charge in [0.15, 0.2) is 12.6 Å². The van der Waals surface area contributed by atoms with Crippen molar-refractivity contribution >= 4 is 12.3 Å². The highest BCUT2D eigenvalue weighted by molar-refractivity contribution is 5.85. The lowest BCUT2D eigenvalue weighted by Crippen LogP contribution is -2.69. The average Bonchev–Trinajstić information content (AvgIpc) is 3.63. The van der Waals surface area contributed by atoms with E-state index in [1.165, 1.54) is 0 Å². The van der Waals surface area contributed by atoms with E-state index in [9.17, 15) is 50.4 Å². The Balaban J connectivity index is 1.04. The lowest BCUT2D eigenvalue weighted by atomic mass is 9.41. The van der Waals surface area contributed by atoms with Crippen LogP contribution in [0.15, 0.2) is 11.6 Å². The second-order valence-corrected chi connectivity index (χ2v) is 15.8. The molecule has 3 aliphatic heterocycles. The third-order valence-electron chi connectivity index (χ3n) is 13.7. The summed E-state index contributed by atoms with van der Waals surface area (Å²) in [5.41, 5.74) is -3.27. The van der Waals surface area contributed by atoms with Crippen molar-refractivity contribution in [1.82, 2.24) is 0 Å². The highest BCUT2D eigenvalue weighted by atomic mass is 16.7. The lowest BCUT2D eigenvalue weighted by Gasteiger charge is -2.65. The molecule has 4 aliphatic carbocycles. The number of fused-ring (bicyclic) bond motifs is 5. The fourth-order valence-corrected chi connectivity index (χ4v) is 11.0. The third kappa shape index (κ3) is 5.38. The fraction of sp³-hybridized carbons (Fsp3) is 0.882. The van der Waals surface area contributed by atoms with Crippen LogP contribution in [-0.2, 0) is 33.3 Å². The van der Waals surface area contributed by atoms with Crippen LogP contribution in [0.4, 0.5) is 0 Å². The van der Waals surface area contributed by atoms with Gasteiger partial charge in [-0.05, 0) is 74.7 Å². The first-order valence-electron chi connectivity index (χ1n) is 17.6. The summed E-state index contributed by atoms with van der Waals surface area (Å²) in [6, 6.07) is 0. The number of hydrogen-bond donors (Lipinski definition) is 8. The van der Waals surface area contributed by atoms with E-state index in [4.69, 9.17) is 23.7 Å². The molecule has 8 N–H and O–H groups in total. The molecule has 3 heterocycles. The molecule has 49 heavy (non-hydrogen) atoms. The normalized spacial score (nSPS) is 54.3. The van der Waals surface area contributed by atoms with Gasteiger partial charge in [0.05, 0.1) is 35.9 Å². The van der Waals surface area contributed by atoms with Gasteiger partial charge in [0, 0.05) is 17.9 Å². The molecule has 0 spiro atoms. The standard InChI is InChI=1S/C34H50O15/c1-31-6-3-19-20(34(31,44)9-5-18(31)16-10-23(38)45-13-16)4-8-33(43)11-17(2-7-32(19,33)15-36)47-30-27(42)25(40)28(22(12-35)48-30)49-29-26(41)24(39)21(37)14-46-29/h10,15,17-22,24-30,35,37,39-44H,2-9,11-14H2,1H3. The van der Waals surface area contributed by atoms with E-state index in [1.54, 1.807) is 6.08 Å². The molecule has 7 rings (SSSR count). The smallest absolute Gasteiger partial charge is 0.331 e. The first-order valence-corrected chi connectivity index (χ1v) is 17.6. The second kappa shape index (κ2) is 12.8. The molecule has 2 saturated heterocycles. The van der Waals surface area contributed by atoms with Gasteiger partial charge in [-0.1, -0.05) is 6.92 Å². The number of aliphatic hydroxyl groups is 8. The largest absolute Gasteiger partial charge is 0.458 e. The van der Waals surface area contributed by atoms with Crippen molar-refractivity contribution in [1.29, 1.82) is 0 Å². The van der Waals surface area contributed by atoms with Gasteiger partial charge < -0.3 is 69.3 Å². The first-order chi connectivity index (χ1) is 23.2. The van der Waals surface area contributed by atoms with Crippen LogP contribution < -0.4 is 0 Å². The van der Waals surface area contributed by atoms with Crippen LogP contribution in [0.5, 0.6) is 0 Å². The van der Waals surface area contributed by atoms with Crippen molar-refractivity contribution in [3.63, 3.8) is 0 Å². The summed E-state index contributed by atoms with van der Waals surface area (Å²) in [6.07, 6.45) is -7.88. The molecule has 0 amide bonds. The van der Waals surface area contributed by atoms with Crippen molar-refractivity contribution in [2.24, 2.45) is 28.6 Å². The molecule has 276 valence electrons. The summed E-state index contributed by atoms with van der Waals surface area (Å²) in [5.74, 6) is -0.869. The highest BCUT2D eigenvalue weighted by Crippen LogP contribution is 2.70. The van der Waals surface area contributed by atoms with Gasteiger partial charge >= 0.3 is 5.97 Å². The minimum Gasteiger partial charge on any atom is -0.458 e. The zero-order valence-corrected chi connectivity index (χ0v) is 27.6. The lowest BCUT2D eigenvalue weighted by molar-refractivity contribution is -0.356. The van der Waals surface area contributed by atoms with Crippen LogP contribution in [0, 0.1) is 28.6 Å². The Morgan fingerprint density at radius 1 is 0.898 bits per heavy atom. The van der Waals surface area contributed by atoms with Crippen molar-refractivity contribution in [3.8, 4) is 0 Å². The molecule has 0 aromatic rings. The van der Waals surface area contributed by atoms with Gasteiger partial charge in [-0.15, -0.1) is 0 Å². The van der Waals surface area contributed by atoms with E-state index < -0.39 is 90.1 Å². The highest BCUT2D eigenvalue weighted by Gasteiger charge is 2.71. The Kier molecular flexibility index (Phi) is 9.36. The predicted molar refractivity (Wildman–Crippen MR) is 163 cm³/mol. The van der Waals surface area contributed by atoms with E-state index in [0.717, 1.165) is 11.9 Å². The predicted octanol–water partition coefficient (Wildman–Crippen LogP) is -1.81. The van der Waals surface area contributed by atoms with Crippen molar-refractivity contribution in [3.05, 3.63) is 11.6 Å². The molecule has 4 saturated carbocycles. The number of carbonyl (C=O) groups excluding carboxylic acids is 2. The number of aliphatic hydroxyl groups excluding tert-OH is 6. The van der Waals surface area contributed by atoms with Crippen molar-refractivity contribution in [2.45, 2.75) is 137 Å². The van der Waals surface area contributed by atoms with Crippen molar-refractivity contribution < 1.29 is 74.1 Å². The Morgan fingerprint density at radius 2 is 1.63 bits per heavy atom. The van der Waals surface area contributed by atoms with Gasteiger partial charge in [0.1, 0.15) is 55.6 Å². The number of aldehydes is 1. The number of ether oxygens (including phenoxy) is 5. The molecule has 0 aromatic carbocycles. The molecule has 0 bridgehead atoms. The van der Waals surface area contributed by atoms with Crippen LogP contribution in [0.25, 0.3) is 0 Å². The number of rotatable bonds is 7. The molecular weight excluding hydrogens is 648 g/mol. The molecule has 15 heteroatoms. The van der Waals surface area contributed by atoms with Crippen LogP contribution in [0.1, 0.15) is 64.7 Å². The quantitative estimate of drug-likeness (QED) is 0.0830. The van der Waals surface area contributed by atoms with E-state index in [0.29, 0.717) is 38.5 Å². The Hall–Kier alpha value is -1.60. The van der Waals surface area contributed by atoms with Crippen LogP contribution in [0.2, 0.25) is 0 Å². The molecular formula is C34H50O15. The zero-order chi connectivity index (χ0) is 35.1. The van der Waals surface area contributed by atoms with Crippen LogP contribution >= 0.6 is 0 Å². The van der Waals surface area contributed by atoms with Gasteiger partial charge in [0.2, 0.25) is 0 Å². The molecule has 15 nitrogen and oxygen atoms in total. The minimum atomic E-state index is -1.68. The fourth-order valence-electron chi connectivity index (χ4n) is 11.0. The van der Waals surface area contributed by atoms with Gasteiger partial charge in [0.25, 0.3) is 0 Å². The van der Waals surface area contributed by atoms with E-state index in [-0.39, 0.29) is 56.2 Å². The maximum absolute atomic E-state index is 13.2. The minimum absolute atomic E-state index is 0.00760. The second-order valence-electron chi connectivity index (χ2n) is 15.8. The maximum Gasteiger partial charge on any atom is 0.331 e. The third-order valence-corrected chi connectivity index (χ3v) is 13.7. The SMILES string of the molecule is CC12CCC3C(CCC4(O)CC(OC5OC(CO)C(OC6OCC(O)C(O)C6O)C(O)C5O)CCC34C=O)C1(O)CCC2C1=CC(=O)OC1. The zero-order valence-electron chi connectivity index (χ0n) is 27.6. The molecule has 17 atom stereocenters. The summed E-state index contributed by atoms with van der Waals surface area (Å²) in [7, 11) is 0. The number of esters is 1. The number of hydrogen-bond acceptors (Lipinski definition) is 15.